The molecule has 1 fully saturated rings. The molecule has 2 aromatic carbocycles. The molecule has 0 radical (unpaired) electrons. The maximum absolute atomic E-state index is 12.8. The molecule has 0 bridgehead atoms. The van der Waals surface area contributed by atoms with Gasteiger partial charge in [-0.25, -0.2) is 9.69 Å². The van der Waals surface area contributed by atoms with Crippen molar-refractivity contribution in [1.82, 2.24) is 9.88 Å². The van der Waals surface area contributed by atoms with Gasteiger partial charge in [0.1, 0.15) is 5.70 Å². The SMILES string of the molecule is CC(C)n1cc(C=C2NC(=O)N(c3ccccc3)C2=O)c2ccccc21. The van der Waals surface area contributed by atoms with Gasteiger partial charge in [0.25, 0.3) is 5.91 Å². The Labute approximate surface area is 151 Å². The zero-order valence-electron chi connectivity index (χ0n) is 14.6. The molecule has 2 heterocycles. The molecule has 26 heavy (non-hydrogen) atoms. The van der Waals surface area contributed by atoms with Crippen LogP contribution in [0.15, 0.2) is 66.5 Å². The summed E-state index contributed by atoms with van der Waals surface area (Å²) in [5.41, 5.74) is 2.85. The number of fused-ring (bicyclic) bond motifs is 1. The van der Waals surface area contributed by atoms with Crippen LogP contribution in [0.3, 0.4) is 0 Å². The average molecular weight is 345 g/mol. The van der Waals surface area contributed by atoms with Crippen molar-refractivity contribution in [3.05, 3.63) is 72.1 Å². The molecule has 1 aromatic heterocycles. The molecule has 130 valence electrons. The number of anilines is 1. The van der Waals surface area contributed by atoms with Gasteiger partial charge in [0, 0.05) is 28.7 Å². The summed E-state index contributed by atoms with van der Waals surface area (Å²) < 4.78 is 2.16. The normalized spacial score (nSPS) is 16.1. The van der Waals surface area contributed by atoms with Gasteiger partial charge in [-0.2, -0.15) is 0 Å². The zero-order chi connectivity index (χ0) is 18.3. The summed E-state index contributed by atoms with van der Waals surface area (Å²) in [6, 6.07) is 16.8. The molecule has 3 aromatic rings. The van der Waals surface area contributed by atoms with E-state index < -0.39 is 6.03 Å². The van der Waals surface area contributed by atoms with E-state index in [1.54, 1.807) is 30.3 Å². The number of urea groups is 1. The van der Waals surface area contributed by atoms with Gasteiger partial charge < -0.3 is 9.88 Å². The molecule has 0 unspecified atom stereocenters. The van der Waals surface area contributed by atoms with Crippen LogP contribution < -0.4 is 10.2 Å². The smallest absolute Gasteiger partial charge is 0.333 e. The van der Waals surface area contributed by atoms with Gasteiger partial charge in [0.05, 0.1) is 5.69 Å². The molecule has 0 atom stereocenters. The van der Waals surface area contributed by atoms with Crippen molar-refractivity contribution >= 4 is 34.6 Å². The third-order valence-corrected chi connectivity index (χ3v) is 4.52. The third kappa shape index (κ3) is 2.58. The second-order valence-corrected chi connectivity index (χ2v) is 6.57. The highest BCUT2D eigenvalue weighted by molar-refractivity contribution is 6.28. The Kier molecular flexibility index (Phi) is 3.84. The maximum atomic E-state index is 12.8. The van der Waals surface area contributed by atoms with Crippen molar-refractivity contribution in [2.45, 2.75) is 19.9 Å². The molecular formula is C21H19N3O2. The van der Waals surface area contributed by atoms with E-state index in [2.05, 4.69) is 29.8 Å². The largest absolute Gasteiger partial charge is 0.344 e. The number of para-hydroxylation sites is 2. The Morgan fingerprint density at radius 3 is 2.38 bits per heavy atom. The van der Waals surface area contributed by atoms with Crippen molar-refractivity contribution in [2.75, 3.05) is 4.90 Å². The molecule has 0 saturated carbocycles. The molecular weight excluding hydrogens is 326 g/mol. The summed E-state index contributed by atoms with van der Waals surface area (Å²) in [4.78, 5) is 26.2. The average Bonchev–Trinajstić information content (AvgIpc) is 3.14. The van der Waals surface area contributed by atoms with E-state index in [0.717, 1.165) is 21.4 Å². The number of nitrogens with zero attached hydrogens (tertiary/aromatic N) is 2. The van der Waals surface area contributed by atoms with E-state index in [1.165, 1.54) is 0 Å². The van der Waals surface area contributed by atoms with Gasteiger partial charge in [0.2, 0.25) is 0 Å². The Hall–Kier alpha value is -3.34. The fourth-order valence-corrected chi connectivity index (χ4v) is 3.28. The van der Waals surface area contributed by atoms with Crippen LogP contribution in [0.2, 0.25) is 0 Å². The summed E-state index contributed by atoms with van der Waals surface area (Å²) in [5, 5.41) is 3.74. The van der Waals surface area contributed by atoms with E-state index in [1.807, 2.05) is 30.5 Å². The lowest BCUT2D eigenvalue weighted by atomic mass is 10.1. The first-order valence-electron chi connectivity index (χ1n) is 8.58. The van der Waals surface area contributed by atoms with Crippen molar-refractivity contribution in [3.63, 3.8) is 0 Å². The number of aromatic nitrogens is 1. The van der Waals surface area contributed by atoms with Crippen LogP contribution >= 0.6 is 0 Å². The summed E-state index contributed by atoms with van der Waals surface area (Å²) in [5.74, 6) is -0.345. The van der Waals surface area contributed by atoms with E-state index in [4.69, 9.17) is 0 Å². The van der Waals surface area contributed by atoms with E-state index in [9.17, 15) is 9.59 Å². The number of carbonyl (C=O) groups excluding carboxylic acids is 2. The molecule has 0 spiro atoms. The minimum absolute atomic E-state index is 0.283. The molecule has 1 N–H and O–H groups in total. The zero-order valence-corrected chi connectivity index (χ0v) is 14.6. The van der Waals surface area contributed by atoms with Gasteiger partial charge in [-0.05, 0) is 38.1 Å². The summed E-state index contributed by atoms with van der Waals surface area (Å²) in [6.07, 6.45) is 3.78. The van der Waals surface area contributed by atoms with Crippen molar-refractivity contribution in [1.29, 1.82) is 0 Å². The Bertz CT molecular complexity index is 1030. The van der Waals surface area contributed by atoms with Crippen molar-refractivity contribution in [2.24, 2.45) is 0 Å². The van der Waals surface area contributed by atoms with Crippen LogP contribution in [-0.4, -0.2) is 16.5 Å². The lowest BCUT2D eigenvalue weighted by Crippen LogP contribution is -2.30. The van der Waals surface area contributed by atoms with Crippen molar-refractivity contribution in [3.8, 4) is 0 Å². The van der Waals surface area contributed by atoms with Gasteiger partial charge >= 0.3 is 6.03 Å². The number of carbonyl (C=O) groups is 2. The first-order chi connectivity index (χ1) is 12.6. The molecule has 1 saturated heterocycles. The molecule has 1 aliphatic rings. The number of benzene rings is 2. The fraction of sp³-hybridized carbons (Fsp3) is 0.143. The lowest BCUT2D eigenvalue weighted by molar-refractivity contribution is -0.113. The topological polar surface area (TPSA) is 54.3 Å². The minimum Gasteiger partial charge on any atom is -0.344 e. The highest BCUT2D eigenvalue weighted by atomic mass is 16.2. The molecule has 5 heteroatoms. The second kappa shape index (κ2) is 6.19. The number of hydrogen-bond acceptors (Lipinski definition) is 2. The number of amides is 3. The highest BCUT2D eigenvalue weighted by Gasteiger charge is 2.34. The van der Waals surface area contributed by atoms with Crippen LogP contribution in [-0.2, 0) is 4.79 Å². The molecule has 4 rings (SSSR count). The maximum Gasteiger partial charge on any atom is 0.333 e. The third-order valence-electron chi connectivity index (χ3n) is 4.52. The van der Waals surface area contributed by atoms with Crippen LogP contribution in [0.4, 0.5) is 10.5 Å². The molecule has 3 amide bonds. The summed E-state index contributed by atoms with van der Waals surface area (Å²) in [6.45, 7) is 4.23. The minimum atomic E-state index is -0.431. The van der Waals surface area contributed by atoms with E-state index in [0.29, 0.717) is 11.7 Å². The Morgan fingerprint density at radius 2 is 1.65 bits per heavy atom. The van der Waals surface area contributed by atoms with Crippen LogP contribution in [0.5, 0.6) is 0 Å². The first kappa shape index (κ1) is 16.1. The first-order valence-corrected chi connectivity index (χ1v) is 8.58. The lowest BCUT2D eigenvalue weighted by Gasteiger charge is -2.10. The number of nitrogens with one attached hydrogen (secondary N) is 1. The molecule has 1 aliphatic heterocycles. The summed E-state index contributed by atoms with van der Waals surface area (Å²) >= 11 is 0. The molecule has 5 nitrogen and oxygen atoms in total. The number of imide groups is 1. The standard InChI is InChI=1S/C21H19N3O2/c1-14(2)23-13-15(17-10-6-7-11-19(17)23)12-18-20(25)24(21(26)22-18)16-8-4-3-5-9-16/h3-14H,1-2H3,(H,22,26). The van der Waals surface area contributed by atoms with Gasteiger partial charge in [0.15, 0.2) is 0 Å². The van der Waals surface area contributed by atoms with Gasteiger partial charge in [-0.15, -0.1) is 0 Å². The van der Waals surface area contributed by atoms with Crippen LogP contribution in [0.25, 0.3) is 17.0 Å². The van der Waals surface area contributed by atoms with E-state index in [-0.39, 0.29) is 11.6 Å². The van der Waals surface area contributed by atoms with E-state index >= 15 is 0 Å². The predicted octanol–water partition coefficient (Wildman–Crippen LogP) is 4.32. The van der Waals surface area contributed by atoms with Crippen molar-refractivity contribution < 1.29 is 9.59 Å². The van der Waals surface area contributed by atoms with Crippen LogP contribution in [0, 0.1) is 0 Å². The monoisotopic (exact) mass is 345 g/mol. The van der Waals surface area contributed by atoms with Gasteiger partial charge in [-0.1, -0.05) is 36.4 Å². The number of hydrogen-bond donors (Lipinski definition) is 1. The Balaban J connectivity index is 1.77. The quantitative estimate of drug-likeness (QED) is 0.568. The predicted molar refractivity (Wildman–Crippen MR) is 103 cm³/mol. The Morgan fingerprint density at radius 1 is 0.962 bits per heavy atom. The van der Waals surface area contributed by atoms with Gasteiger partial charge in [-0.3, -0.25) is 4.79 Å². The molecule has 0 aliphatic carbocycles. The second-order valence-electron chi connectivity index (χ2n) is 6.57. The summed E-state index contributed by atoms with van der Waals surface area (Å²) in [7, 11) is 0. The fourth-order valence-electron chi connectivity index (χ4n) is 3.28. The number of rotatable bonds is 3. The highest BCUT2D eigenvalue weighted by Crippen LogP contribution is 2.28. The van der Waals surface area contributed by atoms with Crippen LogP contribution in [0.1, 0.15) is 25.5 Å².